The SMILES string of the molecule is C1=C2c3cc(N4c5ccccc5Oc5ccccc54)cc4c3N(c3cccc5c3B4c3ccccc3O5)C2CC=C1N1c2ccccc2Oc2ccccc21. The number of hydrogen-bond acceptors (Lipinski definition) is 6. The Bertz CT molecular complexity index is 2810. The smallest absolute Gasteiger partial charge is 0.256 e. The topological polar surface area (TPSA) is 37.4 Å². The maximum atomic E-state index is 6.69. The molecule has 0 amide bonds. The summed E-state index contributed by atoms with van der Waals surface area (Å²) < 4.78 is 19.6. The molecule has 55 heavy (non-hydrogen) atoms. The highest BCUT2D eigenvalue weighted by atomic mass is 16.5. The second kappa shape index (κ2) is 10.7. The molecule has 0 saturated carbocycles. The summed E-state index contributed by atoms with van der Waals surface area (Å²) in [5.41, 5.74) is 15.1. The minimum Gasteiger partial charge on any atom is -0.458 e. The largest absolute Gasteiger partial charge is 0.458 e. The number of allylic oxidation sites excluding steroid dienone is 1. The molecule has 1 unspecified atom stereocenters. The zero-order chi connectivity index (χ0) is 35.8. The van der Waals surface area contributed by atoms with E-state index in [1.807, 2.05) is 24.3 Å². The number of anilines is 7. The summed E-state index contributed by atoms with van der Waals surface area (Å²) in [5.74, 6) is 5.22. The second-order valence-corrected chi connectivity index (χ2v) is 14.8. The summed E-state index contributed by atoms with van der Waals surface area (Å²) >= 11 is 0. The van der Waals surface area contributed by atoms with Gasteiger partial charge >= 0.3 is 0 Å². The van der Waals surface area contributed by atoms with Gasteiger partial charge < -0.3 is 28.9 Å². The predicted octanol–water partition coefficient (Wildman–Crippen LogP) is 10.3. The number of benzene rings is 7. The molecule has 1 aliphatic carbocycles. The fraction of sp³-hybridized carbons (Fsp3) is 0.0417. The minimum atomic E-state index is -0.00110. The van der Waals surface area contributed by atoms with Crippen molar-refractivity contribution in [3.05, 3.63) is 175 Å². The van der Waals surface area contributed by atoms with Crippen LogP contribution in [0.3, 0.4) is 0 Å². The van der Waals surface area contributed by atoms with Gasteiger partial charge in [-0.3, -0.25) is 0 Å². The minimum absolute atomic E-state index is 0.00110. The number of nitrogens with zero attached hydrogens (tertiary/aromatic N) is 3. The Morgan fingerprint density at radius 1 is 0.491 bits per heavy atom. The van der Waals surface area contributed by atoms with E-state index in [4.69, 9.17) is 14.2 Å². The first-order valence-electron chi connectivity index (χ1n) is 18.9. The molecule has 7 aromatic rings. The van der Waals surface area contributed by atoms with Crippen molar-refractivity contribution in [2.45, 2.75) is 12.5 Å². The van der Waals surface area contributed by atoms with Crippen LogP contribution in [0.2, 0.25) is 0 Å². The van der Waals surface area contributed by atoms with Crippen molar-refractivity contribution in [3.63, 3.8) is 0 Å². The maximum Gasteiger partial charge on any atom is 0.256 e. The van der Waals surface area contributed by atoms with Crippen molar-refractivity contribution >= 4 is 68.5 Å². The highest BCUT2D eigenvalue weighted by molar-refractivity contribution is 6.99. The van der Waals surface area contributed by atoms with E-state index in [0.717, 1.165) is 75.1 Å². The van der Waals surface area contributed by atoms with Gasteiger partial charge in [-0.05, 0) is 113 Å². The van der Waals surface area contributed by atoms with E-state index in [-0.39, 0.29) is 12.8 Å². The molecule has 0 bridgehead atoms. The fourth-order valence-corrected chi connectivity index (χ4v) is 9.75. The van der Waals surface area contributed by atoms with Gasteiger partial charge in [-0.25, -0.2) is 0 Å². The first-order chi connectivity index (χ1) is 27.3. The van der Waals surface area contributed by atoms with E-state index in [1.165, 1.54) is 38.9 Å². The third-order valence-electron chi connectivity index (χ3n) is 11.9. The van der Waals surface area contributed by atoms with Crippen molar-refractivity contribution in [2.75, 3.05) is 14.7 Å². The van der Waals surface area contributed by atoms with Gasteiger partial charge in [0.1, 0.15) is 11.5 Å². The van der Waals surface area contributed by atoms with Crippen LogP contribution in [0.4, 0.5) is 39.8 Å². The fourth-order valence-electron chi connectivity index (χ4n) is 9.75. The Morgan fingerprint density at radius 2 is 1.02 bits per heavy atom. The molecule has 5 aliphatic heterocycles. The molecule has 7 heteroatoms. The molecule has 0 spiro atoms. The summed E-state index contributed by atoms with van der Waals surface area (Å²) in [6.45, 7) is -0.00110. The highest BCUT2D eigenvalue weighted by Gasteiger charge is 2.49. The number of fused-ring (bicyclic) bond motifs is 11. The van der Waals surface area contributed by atoms with Crippen LogP contribution in [0.15, 0.2) is 170 Å². The Morgan fingerprint density at radius 3 is 1.67 bits per heavy atom. The Labute approximate surface area is 318 Å². The van der Waals surface area contributed by atoms with Gasteiger partial charge in [0.05, 0.1) is 28.8 Å². The Kier molecular flexibility index (Phi) is 5.73. The van der Waals surface area contributed by atoms with Gasteiger partial charge in [-0.15, -0.1) is 0 Å². The van der Waals surface area contributed by atoms with Gasteiger partial charge in [-0.1, -0.05) is 78.9 Å². The van der Waals surface area contributed by atoms with Gasteiger partial charge in [0.15, 0.2) is 23.0 Å². The zero-order valence-corrected chi connectivity index (χ0v) is 29.5. The zero-order valence-electron chi connectivity index (χ0n) is 29.5. The molecular weight excluding hydrogens is 677 g/mol. The lowest BCUT2D eigenvalue weighted by Gasteiger charge is -2.41. The van der Waals surface area contributed by atoms with Gasteiger partial charge in [0.25, 0.3) is 6.71 Å². The summed E-state index contributed by atoms with van der Waals surface area (Å²) in [5, 5.41) is 0. The molecule has 0 N–H and O–H groups in total. The molecule has 5 heterocycles. The lowest BCUT2D eigenvalue weighted by Crippen LogP contribution is -2.60. The summed E-state index contributed by atoms with van der Waals surface area (Å²) in [7, 11) is 0. The quantitative estimate of drug-likeness (QED) is 0.167. The normalized spacial score (nSPS) is 17.0. The Hall–Kier alpha value is -7.12. The van der Waals surface area contributed by atoms with Crippen LogP contribution in [0, 0.1) is 0 Å². The molecule has 7 aromatic carbocycles. The summed E-state index contributed by atoms with van der Waals surface area (Å²) in [6, 6.07) is 53.4. The van der Waals surface area contributed by atoms with Crippen LogP contribution in [0.1, 0.15) is 12.0 Å². The third kappa shape index (κ3) is 3.94. The van der Waals surface area contributed by atoms with E-state index >= 15 is 0 Å². The first kappa shape index (κ1) is 29.4. The van der Waals surface area contributed by atoms with Crippen LogP contribution in [0.5, 0.6) is 34.5 Å². The lowest BCUT2D eigenvalue weighted by molar-refractivity contribution is 0.476. The summed E-state index contributed by atoms with van der Waals surface area (Å²) in [4.78, 5) is 7.35. The van der Waals surface area contributed by atoms with Crippen LogP contribution in [-0.2, 0) is 0 Å². The second-order valence-electron chi connectivity index (χ2n) is 14.8. The average molecular weight is 708 g/mol. The molecule has 0 fully saturated rings. The molecule has 6 nitrogen and oxygen atoms in total. The molecule has 1 atom stereocenters. The molecule has 0 saturated heterocycles. The van der Waals surface area contributed by atoms with E-state index in [2.05, 4.69) is 154 Å². The van der Waals surface area contributed by atoms with E-state index < -0.39 is 0 Å². The highest BCUT2D eigenvalue weighted by Crippen LogP contribution is 2.56. The van der Waals surface area contributed by atoms with E-state index in [1.54, 1.807) is 0 Å². The van der Waals surface area contributed by atoms with E-state index in [9.17, 15) is 0 Å². The van der Waals surface area contributed by atoms with Gasteiger partial charge in [-0.2, -0.15) is 0 Å². The third-order valence-corrected chi connectivity index (χ3v) is 11.9. The molecular formula is C48H30BN3O3. The lowest BCUT2D eigenvalue weighted by atomic mass is 9.34. The number of ether oxygens (including phenoxy) is 3. The van der Waals surface area contributed by atoms with Crippen molar-refractivity contribution in [1.29, 1.82) is 0 Å². The van der Waals surface area contributed by atoms with Crippen LogP contribution in [0.25, 0.3) is 5.57 Å². The molecule has 13 rings (SSSR count). The standard InChI is InChI=1S/C48H30BN3O3/c1-6-18-41-33(12-1)49-34-28-30(51-38-15-4-9-21-44(38)55-45-22-10-5-16-39(45)51)27-32-31-26-29(50-36-13-2-7-19-42(36)54-43-20-8-3-14-37(43)50)24-25-35(31)52(48(32)34)40-17-11-23-46(53-41)47(40)49/h1-24,26-28,35H,25H2. The molecule has 0 aromatic heterocycles. The van der Waals surface area contributed by atoms with Crippen LogP contribution >= 0.6 is 0 Å². The van der Waals surface area contributed by atoms with Gasteiger partial charge in [0, 0.05) is 28.3 Å². The monoisotopic (exact) mass is 707 g/mol. The average Bonchev–Trinajstić information content (AvgIpc) is 3.57. The van der Waals surface area contributed by atoms with E-state index in [0.29, 0.717) is 0 Å². The van der Waals surface area contributed by atoms with Crippen molar-refractivity contribution in [1.82, 2.24) is 0 Å². The van der Waals surface area contributed by atoms with Crippen molar-refractivity contribution in [2.24, 2.45) is 0 Å². The number of hydrogen-bond donors (Lipinski definition) is 0. The summed E-state index contributed by atoms with van der Waals surface area (Å²) in [6.07, 6.45) is 5.66. The Balaban J connectivity index is 1.08. The van der Waals surface area contributed by atoms with Crippen molar-refractivity contribution in [3.8, 4) is 34.5 Å². The molecule has 0 radical (unpaired) electrons. The molecule has 258 valence electrons. The van der Waals surface area contributed by atoms with Crippen molar-refractivity contribution < 1.29 is 14.2 Å². The maximum absolute atomic E-state index is 6.69. The predicted molar refractivity (Wildman–Crippen MR) is 221 cm³/mol. The molecule has 6 aliphatic rings. The van der Waals surface area contributed by atoms with Crippen LogP contribution < -0.4 is 45.3 Å². The first-order valence-corrected chi connectivity index (χ1v) is 18.9. The number of para-hydroxylation sites is 9. The van der Waals surface area contributed by atoms with Gasteiger partial charge in [0.2, 0.25) is 0 Å². The van der Waals surface area contributed by atoms with Crippen LogP contribution in [-0.4, -0.2) is 12.8 Å². The number of rotatable bonds is 2.